The molecule has 122 valence electrons. The zero-order valence-electron chi connectivity index (χ0n) is 14.3. The Kier molecular flexibility index (Phi) is 5.80. The summed E-state index contributed by atoms with van der Waals surface area (Å²) in [6.45, 7) is 8.09. The molecular formula is C20H25NO2. The Labute approximate surface area is 138 Å². The van der Waals surface area contributed by atoms with Gasteiger partial charge in [-0.05, 0) is 57.0 Å². The molecule has 2 rings (SSSR count). The molecule has 1 N–H and O–H groups in total. The van der Waals surface area contributed by atoms with Gasteiger partial charge in [0, 0.05) is 5.56 Å². The lowest BCUT2D eigenvalue weighted by Gasteiger charge is -2.18. The molecule has 1 atom stereocenters. The van der Waals surface area contributed by atoms with Crippen LogP contribution in [0.1, 0.15) is 54.7 Å². The maximum atomic E-state index is 12.4. The van der Waals surface area contributed by atoms with Gasteiger partial charge >= 0.3 is 0 Å². The third-order valence-corrected chi connectivity index (χ3v) is 3.68. The van der Waals surface area contributed by atoms with Crippen molar-refractivity contribution in [3.63, 3.8) is 0 Å². The fourth-order valence-corrected chi connectivity index (χ4v) is 2.42. The number of hydrogen-bond donors (Lipinski definition) is 1. The topological polar surface area (TPSA) is 38.3 Å². The van der Waals surface area contributed by atoms with Crippen LogP contribution in [-0.2, 0) is 0 Å². The summed E-state index contributed by atoms with van der Waals surface area (Å²) in [5.74, 6) is 0.718. The number of carbonyl (C=O) groups is 1. The van der Waals surface area contributed by atoms with Crippen LogP contribution < -0.4 is 10.1 Å². The number of rotatable bonds is 6. The van der Waals surface area contributed by atoms with E-state index in [2.05, 4.69) is 43.4 Å². The normalized spacial score (nSPS) is 12.0. The Morgan fingerprint density at radius 3 is 2.17 bits per heavy atom. The van der Waals surface area contributed by atoms with Crippen LogP contribution in [0.2, 0.25) is 0 Å². The van der Waals surface area contributed by atoms with Crippen LogP contribution >= 0.6 is 0 Å². The Hall–Kier alpha value is -2.29. The van der Waals surface area contributed by atoms with E-state index in [1.807, 2.05) is 26.0 Å². The summed E-state index contributed by atoms with van der Waals surface area (Å²) in [4.78, 5) is 12.4. The molecular weight excluding hydrogens is 286 g/mol. The van der Waals surface area contributed by atoms with Crippen molar-refractivity contribution >= 4 is 5.91 Å². The highest BCUT2D eigenvalue weighted by Crippen LogP contribution is 2.19. The molecule has 23 heavy (non-hydrogen) atoms. The van der Waals surface area contributed by atoms with E-state index < -0.39 is 0 Å². The highest BCUT2D eigenvalue weighted by atomic mass is 16.5. The van der Waals surface area contributed by atoms with Gasteiger partial charge in [-0.3, -0.25) is 4.79 Å². The fourth-order valence-electron chi connectivity index (χ4n) is 2.42. The van der Waals surface area contributed by atoms with E-state index in [9.17, 15) is 4.79 Å². The molecule has 0 saturated heterocycles. The highest BCUT2D eigenvalue weighted by molar-refractivity contribution is 5.94. The highest BCUT2D eigenvalue weighted by Gasteiger charge is 2.14. The van der Waals surface area contributed by atoms with Gasteiger partial charge in [-0.25, -0.2) is 0 Å². The lowest BCUT2D eigenvalue weighted by molar-refractivity contribution is 0.0935. The van der Waals surface area contributed by atoms with Crippen molar-refractivity contribution in [3.8, 4) is 5.75 Å². The Balaban J connectivity index is 2.05. The number of hydrogen-bond acceptors (Lipinski definition) is 2. The number of nitrogens with one attached hydrogen (secondary N) is 1. The number of carbonyl (C=O) groups excluding carboxylic acids is 1. The zero-order valence-corrected chi connectivity index (χ0v) is 14.3. The van der Waals surface area contributed by atoms with Crippen LogP contribution in [-0.4, -0.2) is 12.0 Å². The summed E-state index contributed by atoms with van der Waals surface area (Å²) in [6.07, 6.45) is 0.976. The van der Waals surface area contributed by atoms with Crippen LogP contribution in [0, 0.1) is 6.92 Å². The molecule has 0 aliphatic heterocycles. The first-order valence-electron chi connectivity index (χ1n) is 8.13. The Bertz CT molecular complexity index is 630. The molecule has 0 aromatic heterocycles. The van der Waals surface area contributed by atoms with E-state index in [1.165, 1.54) is 5.56 Å². The second-order valence-corrected chi connectivity index (χ2v) is 6.04. The van der Waals surface area contributed by atoms with Gasteiger partial charge in [0.25, 0.3) is 5.91 Å². The average Bonchev–Trinajstić information content (AvgIpc) is 2.53. The molecule has 0 spiro atoms. The molecule has 3 nitrogen and oxygen atoms in total. The second kappa shape index (κ2) is 7.82. The van der Waals surface area contributed by atoms with E-state index in [-0.39, 0.29) is 18.1 Å². The molecule has 1 amide bonds. The zero-order chi connectivity index (χ0) is 16.8. The SMILES string of the molecule is CC[C@@H](NC(=O)c1ccc(OC(C)C)cc1)c1ccc(C)cc1. The van der Waals surface area contributed by atoms with Gasteiger partial charge in [0.05, 0.1) is 12.1 Å². The Morgan fingerprint density at radius 1 is 1.04 bits per heavy atom. The smallest absolute Gasteiger partial charge is 0.251 e. The van der Waals surface area contributed by atoms with Crippen LogP contribution in [0.15, 0.2) is 48.5 Å². The number of amides is 1. The third-order valence-electron chi connectivity index (χ3n) is 3.68. The molecule has 0 fully saturated rings. The minimum absolute atomic E-state index is 0.0229. The van der Waals surface area contributed by atoms with Gasteiger partial charge in [0.15, 0.2) is 0 Å². The first-order chi connectivity index (χ1) is 11.0. The minimum Gasteiger partial charge on any atom is -0.491 e. The van der Waals surface area contributed by atoms with E-state index in [1.54, 1.807) is 12.1 Å². The lowest BCUT2D eigenvalue weighted by Crippen LogP contribution is -2.28. The summed E-state index contributed by atoms with van der Waals surface area (Å²) in [5, 5.41) is 3.10. The van der Waals surface area contributed by atoms with Crippen molar-refractivity contribution in [2.45, 2.75) is 46.3 Å². The van der Waals surface area contributed by atoms with Crippen molar-refractivity contribution in [2.24, 2.45) is 0 Å². The van der Waals surface area contributed by atoms with Crippen LogP contribution in [0.25, 0.3) is 0 Å². The van der Waals surface area contributed by atoms with Gasteiger partial charge in [-0.1, -0.05) is 36.8 Å². The number of ether oxygens (including phenoxy) is 1. The van der Waals surface area contributed by atoms with Gasteiger partial charge in [-0.2, -0.15) is 0 Å². The van der Waals surface area contributed by atoms with Gasteiger partial charge in [0.2, 0.25) is 0 Å². The molecule has 0 aliphatic rings. The summed E-state index contributed by atoms with van der Waals surface area (Å²) in [7, 11) is 0. The van der Waals surface area contributed by atoms with Crippen molar-refractivity contribution in [2.75, 3.05) is 0 Å². The number of aryl methyl sites for hydroxylation is 1. The lowest BCUT2D eigenvalue weighted by atomic mass is 10.0. The molecule has 0 saturated carbocycles. The quantitative estimate of drug-likeness (QED) is 0.842. The second-order valence-electron chi connectivity index (χ2n) is 6.04. The summed E-state index contributed by atoms with van der Waals surface area (Å²) in [5.41, 5.74) is 2.99. The first-order valence-corrected chi connectivity index (χ1v) is 8.13. The minimum atomic E-state index is -0.0616. The third kappa shape index (κ3) is 4.85. The van der Waals surface area contributed by atoms with Crippen molar-refractivity contribution in [1.29, 1.82) is 0 Å². The maximum Gasteiger partial charge on any atom is 0.251 e. The monoisotopic (exact) mass is 311 g/mol. The maximum absolute atomic E-state index is 12.4. The van der Waals surface area contributed by atoms with E-state index in [0.717, 1.165) is 17.7 Å². The predicted octanol–water partition coefficient (Wildman–Crippen LogP) is 4.66. The summed E-state index contributed by atoms with van der Waals surface area (Å²) < 4.78 is 5.60. The summed E-state index contributed by atoms with van der Waals surface area (Å²) >= 11 is 0. The predicted molar refractivity (Wildman–Crippen MR) is 93.9 cm³/mol. The van der Waals surface area contributed by atoms with E-state index in [4.69, 9.17) is 4.74 Å². The molecule has 2 aromatic carbocycles. The Morgan fingerprint density at radius 2 is 1.65 bits per heavy atom. The van der Waals surface area contributed by atoms with E-state index >= 15 is 0 Å². The van der Waals surface area contributed by atoms with E-state index in [0.29, 0.717) is 5.56 Å². The van der Waals surface area contributed by atoms with Crippen LogP contribution in [0.3, 0.4) is 0 Å². The molecule has 0 radical (unpaired) electrons. The van der Waals surface area contributed by atoms with Crippen molar-refractivity contribution in [1.82, 2.24) is 5.32 Å². The number of benzene rings is 2. The molecule has 2 aromatic rings. The fraction of sp³-hybridized carbons (Fsp3) is 0.350. The molecule has 0 unspecified atom stereocenters. The molecule has 0 heterocycles. The standard InChI is InChI=1S/C20H25NO2/c1-5-19(16-8-6-15(4)7-9-16)21-20(22)17-10-12-18(13-11-17)23-14(2)3/h6-14,19H,5H2,1-4H3,(H,21,22)/t19-/m1/s1. The average molecular weight is 311 g/mol. The van der Waals surface area contributed by atoms with Crippen molar-refractivity contribution < 1.29 is 9.53 Å². The van der Waals surface area contributed by atoms with Gasteiger partial charge < -0.3 is 10.1 Å². The van der Waals surface area contributed by atoms with Crippen LogP contribution in [0.5, 0.6) is 5.75 Å². The van der Waals surface area contributed by atoms with Crippen LogP contribution in [0.4, 0.5) is 0 Å². The first kappa shape index (κ1) is 17.1. The van der Waals surface area contributed by atoms with Crippen molar-refractivity contribution in [3.05, 3.63) is 65.2 Å². The molecule has 0 bridgehead atoms. The molecule has 0 aliphatic carbocycles. The largest absolute Gasteiger partial charge is 0.491 e. The van der Waals surface area contributed by atoms with Gasteiger partial charge in [-0.15, -0.1) is 0 Å². The summed E-state index contributed by atoms with van der Waals surface area (Å²) in [6, 6.07) is 15.6. The van der Waals surface area contributed by atoms with Gasteiger partial charge in [0.1, 0.15) is 5.75 Å². The molecule has 3 heteroatoms.